The first-order valence-corrected chi connectivity index (χ1v) is 15.1. The van der Waals surface area contributed by atoms with Crippen LogP contribution in [0.15, 0.2) is 47.4 Å². The Morgan fingerprint density at radius 1 is 1.03 bits per heavy atom. The van der Waals surface area contributed by atoms with Gasteiger partial charge in [-0.3, -0.25) is 4.79 Å². The maximum absolute atomic E-state index is 13.0. The number of carbonyl (C=O) groups excluding carboxylic acids is 1. The highest BCUT2D eigenvalue weighted by Gasteiger charge is 2.32. The second-order valence-electron chi connectivity index (χ2n) is 8.30. The first kappa shape index (κ1) is 27.9. The molecule has 1 aliphatic rings. The first-order chi connectivity index (χ1) is 16.5. The van der Waals surface area contributed by atoms with Gasteiger partial charge in [0.15, 0.2) is 0 Å². The molecule has 1 fully saturated rings. The Kier molecular flexibility index (Phi) is 9.22. The summed E-state index contributed by atoms with van der Waals surface area (Å²) >= 11 is 11.9. The van der Waals surface area contributed by atoms with Gasteiger partial charge in [-0.25, -0.2) is 21.1 Å². The van der Waals surface area contributed by atoms with Crippen LogP contribution in [0.4, 0.5) is 5.69 Å². The topological polar surface area (TPSA) is 104 Å². The lowest BCUT2D eigenvalue weighted by Gasteiger charge is -2.31. The van der Waals surface area contributed by atoms with Gasteiger partial charge in [0.25, 0.3) is 0 Å². The van der Waals surface area contributed by atoms with E-state index in [0.717, 1.165) is 0 Å². The van der Waals surface area contributed by atoms with Gasteiger partial charge in [-0.05, 0) is 54.8 Å². The summed E-state index contributed by atoms with van der Waals surface area (Å²) in [5.74, 6) is -1.06. The molecular formula is C23H29Cl2N3O5S2. The average molecular weight is 563 g/mol. The molecule has 1 N–H and O–H groups in total. The molecular weight excluding hydrogens is 533 g/mol. The Bertz CT molecular complexity index is 1260. The Morgan fingerprint density at radius 3 is 2.29 bits per heavy atom. The van der Waals surface area contributed by atoms with Crippen LogP contribution in [-0.2, 0) is 30.6 Å². The number of hydrogen-bond acceptors (Lipinski definition) is 5. The van der Waals surface area contributed by atoms with E-state index in [1.165, 1.54) is 38.9 Å². The van der Waals surface area contributed by atoms with Gasteiger partial charge in [0.2, 0.25) is 26.0 Å². The zero-order valence-corrected chi connectivity index (χ0v) is 22.7. The van der Waals surface area contributed by atoms with E-state index in [9.17, 15) is 21.6 Å². The summed E-state index contributed by atoms with van der Waals surface area (Å²) in [5, 5.41) is 3.41. The lowest BCUT2D eigenvalue weighted by Crippen LogP contribution is -2.44. The molecule has 0 bridgehead atoms. The largest absolute Gasteiger partial charge is 0.326 e. The number of halogens is 2. The minimum atomic E-state index is -3.66. The molecule has 12 heteroatoms. The number of amides is 1. The minimum Gasteiger partial charge on any atom is -0.326 e. The maximum atomic E-state index is 13.0. The van der Waals surface area contributed by atoms with Gasteiger partial charge < -0.3 is 5.32 Å². The van der Waals surface area contributed by atoms with Gasteiger partial charge in [-0.1, -0.05) is 43.1 Å². The molecule has 192 valence electrons. The van der Waals surface area contributed by atoms with Crippen molar-refractivity contribution < 1.29 is 21.6 Å². The van der Waals surface area contributed by atoms with Crippen LogP contribution in [0.1, 0.15) is 32.3 Å². The molecule has 8 nitrogen and oxygen atoms in total. The van der Waals surface area contributed by atoms with Crippen molar-refractivity contribution in [2.75, 3.05) is 31.5 Å². The number of nitrogens with zero attached hydrogens (tertiary/aromatic N) is 2. The van der Waals surface area contributed by atoms with Crippen molar-refractivity contribution in [1.82, 2.24) is 8.61 Å². The van der Waals surface area contributed by atoms with E-state index in [1.807, 2.05) is 0 Å². The molecule has 1 unspecified atom stereocenters. The Balaban J connectivity index is 1.65. The zero-order valence-electron chi connectivity index (χ0n) is 19.6. The van der Waals surface area contributed by atoms with E-state index >= 15 is 0 Å². The smallest absolute Gasteiger partial charge is 0.243 e. The monoisotopic (exact) mass is 561 g/mol. The van der Waals surface area contributed by atoms with Crippen molar-refractivity contribution in [2.45, 2.75) is 37.3 Å². The van der Waals surface area contributed by atoms with Crippen molar-refractivity contribution in [1.29, 1.82) is 0 Å². The minimum absolute atomic E-state index is 0.0733. The molecule has 1 heterocycles. The Labute approximate surface area is 217 Å². The molecule has 1 saturated heterocycles. The van der Waals surface area contributed by atoms with Crippen LogP contribution in [-0.4, -0.2) is 57.5 Å². The van der Waals surface area contributed by atoms with E-state index in [4.69, 9.17) is 23.2 Å². The third-order valence-corrected chi connectivity index (χ3v) is 10.6. The van der Waals surface area contributed by atoms with Crippen molar-refractivity contribution in [2.24, 2.45) is 5.92 Å². The van der Waals surface area contributed by atoms with Gasteiger partial charge in [-0.2, -0.15) is 4.31 Å². The van der Waals surface area contributed by atoms with Crippen LogP contribution in [0.2, 0.25) is 10.0 Å². The number of sulfonamides is 2. The van der Waals surface area contributed by atoms with Crippen molar-refractivity contribution in [3.05, 3.63) is 58.1 Å². The molecule has 1 aliphatic heterocycles. The number of piperidine rings is 1. The van der Waals surface area contributed by atoms with E-state index in [2.05, 4.69) is 5.32 Å². The summed E-state index contributed by atoms with van der Waals surface area (Å²) in [4.78, 5) is 13.0. The lowest BCUT2D eigenvalue weighted by atomic mass is 9.99. The van der Waals surface area contributed by atoms with E-state index < -0.39 is 26.0 Å². The number of anilines is 1. The van der Waals surface area contributed by atoms with Crippen LogP contribution in [0.25, 0.3) is 0 Å². The van der Waals surface area contributed by atoms with Crippen LogP contribution in [0.5, 0.6) is 0 Å². The fourth-order valence-corrected chi connectivity index (χ4v) is 7.38. The standard InChI is InChI=1S/C23H29Cl2N3O5S2/c1-3-27(4-2)35(32,33)20-10-8-19(9-11-20)26-23(29)18-6-5-13-28(15-18)34(30,31)16-17-7-12-21(24)22(25)14-17/h7-12,14,18H,3-6,13,15-16H2,1-2H3,(H,26,29). The molecule has 3 rings (SSSR count). The second-order valence-corrected chi connectivity index (χ2v) is 13.0. The highest BCUT2D eigenvalue weighted by atomic mass is 35.5. The molecule has 35 heavy (non-hydrogen) atoms. The quantitative estimate of drug-likeness (QED) is 0.494. The van der Waals surface area contributed by atoms with Crippen LogP contribution in [0, 0.1) is 5.92 Å². The number of carbonyl (C=O) groups is 1. The summed E-state index contributed by atoms with van der Waals surface area (Å²) in [6.45, 7) is 4.68. The number of rotatable bonds is 9. The Morgan fingerprint density at radius 2 is 1.69 bits per heavy atom. The molecule has 1 amide bonds. The molecule has 0 spiro atoms. The van der Waals surface area contributed by atoms with Crippen molar-refractivity contribution in [3.8, 4) is 0 Å². The van der Waals surface area contributed by atoms with Gasteiger partial charge in [0.1, 0.15) is 0 Å². The average Bonchev–Trinajstić information content (AvgIpc) is 2.82. The van der Waals surface area contributed by atoms with Gasteiger partial charge >= 0.3 is 0 Å². The molecule has 2 aromatic rings. The van der Waals surface area contributed by atoms with Gasteiger partial charge in [0.05, 0.1) is 26.6 Å². The zero-order chi connectivity index (χ0) is 25.8. The summed E-state index contributed by atoms with van der Waals surface area (Å²) in [7, 11) is -7.25. The number of hydrogen-bond donors (Lipinski definition) is 1. The summed E-state index contributed by atoms with van der Waals surface area (Å²) in [6.07, 6.45) is 1.11. The third kappa shape index (κ3) is 6.75. The SMILES string of the molecule is CCN(CC)S(=O)(=O)c1ccc(NC(=O)C2CCCN(S(=O)(=O)Cc3ccc(Cl)c(Cl)c3)C2)cc1. The van der Waals surface area contributed by atoms with Crippen molar-refractivity contribution >= 4 is 54.8 Å². The predicted molar refractivity (Wildman–Crippen MR) is 139 cm³/mol. The summed E-state index contributed by atoms with van der Waals surface area (Å²) in [6, 6.07) is 10.7. The van der Waals surface area contributed by atoms with E-state index in [-0.39, 0.29) is 28.1 Å². The third-order valence-electron chi connectivity index (χ3n) is 5.95. The van der Waals surface area contributed by atoms with Crippen LogP contribution < -0.4 is 5.32 Å². The lowest BCUT2D eigenvalue weighted by molar-refractivity contribution is -0.120. The van der Waals surface area contributed by atoms with Gasteiger partial charge in [-0.15, -0.1) is 0 Å². The fraction of sp³-hybridized carbons (Fsp3) is 0.435. The number of benzene rings is 2. The molecule has 1 atom stereocenters. The maximum Gasteiger partial charge on any atom is 0.243 e. The molecule has 0 radical (unpaired) electrons. The second kappa shape index (κ2) is 11.6. The number of nitrogens with one attached hydrogen (secondary N) is 1. The molecule has 0 saturated carbocycles. The van der Waals surface area contributed by atoms with E-state index in [1.54, 1.807) is 26.0 Å². The normalized spacial score (nSPS) is 17.5. The first-order valence-electron chi connectivity index (χ1n) is 11.3. The Hall–Kier alpha value is -1.69. The highest BCUT2D eigenvalue weighted by molar-refractivity contribution is 7.89. The predicted octanol–water partition coefficient (Wildman–Crippen LogP) is 4.20. The van der Waals surface area contributed by atoms with Crippen LogP contribution in [0.3, 0.4) is 0 Å². The fourth-order valence-electron chi connectivity index (χ4n) is 4.01. The molecule has 2 aromatic carbocycles. The van der Waals surface area contributed by atoms with E-state index in [0.29, 0.717) is 48.7 Å². The van der Waals surface area contributed by atoms with Gasteiger partial charge in [0, 0.05) is 31.9 Å². The molecule has 0 aromatic heterocycles. The highest BCUT2D eigenvalue weighted by Crippen LogP contribution is 2.27. The van der Waals surface area contributed by atoms with Crippen LogP contribution >= 0.6 is 23.2 Å². The van der Waals surface area contributed by atoms with Crippen molar-refractivity contribution in [3.63, 3.8) is 0 Å². The summed E-state index contributed by atoms with van der Waals surface area (Å²) in [5.41, 5.74) is 0.968. The summed E-state index contributed by atoms with van der Waals surface area (Å²) < 4.78 is 53.9. The molecule has 0 aliphatic carbocycles.